The molecule has 0 aliphatic rings. The highest BCUT2D eigenvalue weighted by atomic mass is 16.5. The van der Waals surface area contributed by atoms with Gasteiger partial charge in [-0.2, -0.15) is 5.26 Å². The molecule has 29 heavy (non-hydrogen) atoms. The fourth-order valence-electron chi connectivity index (χ4n) is 2.34. The van der Waals surface area contributed by atoms with E-state index < -0.39 is 11.9 Å². The Morgan fingerprint density at radius 3 is 2.41 bits per heavy atom. The van der Waals surface area contributed by atoms with Crippen molar-refractivity contribution in [2.75, 3.05) is 20.8 Å². The van der Waals surface area contributed by atoms with Crippen LogP contribution in [0.4, 0.5) is 0 Å². The normalized spacial score (nSPS) is 10.6. The second kappa shape index (κ2) is 11.1. The van der Waals surface area contributed by atoms with Gasteiger partial charge < -0.3 is 18.9 Å². The highest BCUT2D eigenvalue weighted by molar-refractivity contribution is 5.97. The van der Waals surface area contributed by atoms with Gasteiger partial charge in [0.25, 0.3) is 0 Å². The fourth-order valence-corrected chi connectivity index (χ4v) is 2.34. The summed E-state index contributed by atoms with van der Waals surface area (Å²) in [5, 5.41) is 9.01. The number of ether oxygens (including phenoxy) is 4. The van der Waals surface area contributed by atoms with E-state index in [1.54, 1.807) is 61.7 Å². The third-order valence-electron chi connectivity index (χ3n) is 3.78. The molecule has 0 aliphatic heterocycles. The molecule has 0 spiro atoms. The summed E-state index contributed by atoms with van der Waals surface area (Å²) >= 11 is 0. The van der Waals surface area contributed by atoms with Gasteiger partial charge >= 0.3 is 11.9 Å². The molecule has 0 saturated carbocycles. The zero-order chi connectivity index (χ0) is 21.1. The molecular weight excluding hydrogens is 374 g/mol. The Labute approximate surface area is 169 Å². The lowest BCUT2D eigenvalue weighted by Gasteiger charge is -2.08. The Kier molecular flexibility index (Phi) is 8.27. The summed E-state index contributed by atoms with van der Waals surface area (Å²) in [6, 6.07) is 15.5. The van der Waals surface area contributed by atoms with Crippen molar-refractivity contribution in [2.24, 2.45) is 0 Å². The molecule has 0 atom stereocenters. The van der Waals surface area contributed by atoms with Crippen molar-refractivity contribution in [3.05, 3.63) is 59.7 Å². The molecule has 0 amide bonds. The molecule has 0 heterocycles. The van der Waals surface area contributed by atoms with Crippen molar-refractivity contribution in [1.29, 1.82) is 5.26 Å². The summed E-state index contributed by atoms with van der Waals surface area (Å²) in [5.74, 6) is 0.621. The zero-order valence-corrected chi connectivity index (χ0v) is 16.2. The Balaban J connectivity index is 1.83. The lowest BCUT2D eigenvalue weighted by Crippen LogP contribution is -2.10. The Morgan fingerprint density at radius 2 is 1.76 bits per heavy atom. The molecule has 0 fully saturated rings. The van der Waals surface area contributed by atoms with Gasteiger partial charge in [0, 0.05) is 6.42 Å². The predicted octanol–water partition coefficient (Wildman–Crippen LogP) is 3.54. The number of esters is 2. The van der Waals surface area contributed by atoms with Crippen LogP contribution in [0.5, 0.6) is 17.2 Å². The van der Waals surface area contributed by atoms with Gasteiger partial charge in [-0.3, -0.25) is 4.79 Å². The van der Waals surface area contributed by atoms with Crippen LogP contribution in [-0.4, -0.2) is 32.8 Å². The molecule has 0 saturated heterocycles. The van der Waals surface area contributed by atoms with Crippen LogP contribution in [0.25, 0.3) is 6.08 Å². The average Bonchev–Trinajstić information content (AvgIpc) is 2.75. The van der Waals surface area contributed by atoms with Crippen LogP contribution < -0.4 is 14.2 Å². The minimum absolute atomic E-state index is 0.147. The molecule has 2 rings (SSSR count). The number of hydrogen-bond donors (Lipinski definition) is 0. The smallest absolute Gasteiger partial charge is 0.348 e. The van der Waals surface area contributed by atoms with Crippen molar-refractivity contribution in [3.8, 4) is 23.3 Å². The van der Waals surface area contributed by atoms with Gasteiger partial charge in [-0.25, -0.2) is 4.79 Å². The van der Waals surface area contributed by atoms with E-state index in [-0.39, 0.29) is 12.0 Å². The van der Waals surface area contributed by atoms with Gasteiger partial charge in [0.2, 0.25) is 0 Å². The summed E-state index contributed by atoms with van der Waals surface area (Å²) < 4.78 is 20.5. The first kappa shape index (κ1) is 21.5. The van der Waals surface area contributed by atoms with E-state index in [0.29, 0.717) is 30.1 Å². The van der Waals surface area contributed by atoms with E-state index in [0.717, 1.165) is 5.75 Å². The molecule has 0 aliphatic carbocycles. The van der Waals surface area contributed by atoms with Crippen LogP contribution in [0.3, 0.4) is 0 Å². The molecule has 7 nitrogen and oxygen atoms in total. The van der Waals surface area contributed by atoms with Crippen LogP contribution in [0.1, 0.15) is 18.4 Å². The van der Waals surface area contributed by atoms with Gasteiger partial charge in [0.05, 0.1) is 20.8 Å². The van der Waals surface area contributed by atoms with E-state index in [2.05, 4.69) is 4.74 Å². The predicted molar refractivity (Wildman–Crippen MR) is 105 cm³/mol. The van der Waals surface area contributed by atoms with Crippen molar-refractivity contribution in [2.45, 2.75) is 12.8 Å². The quantitative estimate of drug-likeness (QED) is 0.211. The minimum atomic E-state index is -0.730. The molecule has 2 aromatic carbocycles. The third-order valence-corrected chi connectivity index (χ3v) is 3.78. The van der Waals surface area contributed by atoms with Gasteiger partial charge in [-0.05, 0) is 54.5 Å². The third kappa shape index (κ3) is 7.03. The Hall–Kier alpha value is -3.79. The van der Waals surface area contributed by atoms with Crippen LogP contribution in [-0.2, 0) is 14.3 Å². The number of nitrogens with zero attached hydrogens (tertiary/aromatic N) is 1. The maximum absolute atomic E-state index is 12.0. The van der Waals surface area contributed by atoms with E-state index in [1.165, 1.54) is 13.2 Å². The first-order valence-corrected chi connectivity index (χ1v) is 8.83. The van der Waals surface area contributed by atoms with Gasteiger partial charge in [0.15, 0.2) is 0 Å². The highest BCUT2D eigenvalue weighted by Crippen LogP contribution is 2.18. The summed E-state index contributed by atoms with van der Waals surface area (Å²) in [4.78, 5) is 23.5. The standard InChI is InChI=1S/C22H21NO6/c1-26-18-8-10-19(11-9-18)28-12-4-7-21(24)29-20-6-3-5-16(14-20)13-17(15-23)22(25)27-2/h3,5-6,8-11,13-14H,4,7,12H2,1-2H3/b17-13+. The zero-order valence-electron chi connectivity index (χ0n) is 16.2. The maximum Gasteiger partial charge on any atom is 0.348 e. The van der Waals surface area contributed by atoms with Crippen LogP contribution >= 0.6 is 0 Å². The van der Waals surface area contributed by atoms with Crippen LogP contribution in [0.2, 0.25) is 0 Å². The molecule has 0 radical (unpaired) electrons. The summed E-state index contributed by atoms with van der Waals surface area (Å²) in [7, 11) is 2.79. The monoisotopic (exact) mass is 395 g/mol. The number of carbonyl (C=O) groups is 2. The fraction of sp³-hybridized carbons (Fsp3) is 0.227. The molecule has 0 N–H and O–H groups in total. The Morgan fingerprint density at radius 1 is 1.03 bits per heavy atom. The van der Waals surface area contributed by atoms with Crippen LogP contribution in [0.15, 0.2) is 54.1 Å². The van der Waals surface area contributed by atoms with E-state index >= 15 is 0 Å². The molecule has 0 unspecified atom stereocenters. The SMILES string of the molecule is COC(=O)/C(C#N)=C/c1cccc(OC(=O)CCCOc2ccc(OC)cc2)c1. The molecule has 0 aromatic heterocycles. The Bertz CT molecular complexity index is 912. The first-order valence-electron chi connectivity index (χ1n) is 8.83. The van der Waals surface area contributed by atoms with Gasteiger partial charge in [0.1, 0.15) is 28.9 Å². The molecule has 7 heteroatoms. The number of rotatable bonds is 9. The summed E-state index contributed by atoms with van der Waals surface area (Å²) in [6.07, 6.45) is 2.04. The van der Waals surface area contributed by atoms with Crippen molar-refractivity contribution < 1.29 is 28.5 Å². The molecular formula is C22H21NO6. The first-order chi connectivity index (χ1) is 14.0. The number of benzene rings is 2. The summed E-state index contributed by atoms with van der Waals surface area (Å²) in [5.41, 5.74) is 0.395. The van der Waals surface area contributed by atoms with Gasteiger partial charge in [-0.1, -0.05) is 12.1 Å². The number of methoxy groups -OCH3 is 2. The van der Waals surface area contributed by atoms with Crippen molar-refractivity contribution in [1.82, 2.24) is 0 Å². The summed E-state index contributed by atoms with van der Waals surface area (Å²) in [6.45, 7) is 0.370. The van der Waals surface area contributed by atoms with E-state index in [9.17, 15) is 9.59 Å². The van der Waals surface area contributed by atoms with E-state index in [1.807, 2.05) is 0 Å². The molecule has 0 bridgehead atoms. The van der Waals surface area contributed by atoms with Crippen molar-refractivity contribution in [3.63, 3.8) is 0 Å². The second-order valence-electron chi connectivity index (χ2n) is 5.84. The lowest BCUT2D eigenvalue weighted by atomic mass is 10.1. The number of hydrogen-bond acceptors (Lipinski definition) is 7. The molecule has 2 aromatic rings. The van der Waals surface area contributed by atoms with Gasteiger partial charge in [-0.15, -0.1) is 0 Å². The van der Waals surface area contributed by atoms with E-state index in [4.69, 9.17) is 19.5 Å². The lowest BCUT2D eigenvalue weighted by molar-refractivity contribution is -0.136. The maximum atomic E-state index is 12.0. The second-order valence-corrected chi connectivity index (χ2v) is 5.84. The highest BCUT2D eigenvalue weighted by Gasteiger charge is 2.10. The number of carbonyl (C=O) groups excluding carboxylic acids is 2. The van der Waals surface area contributed by atoms with Crippen LogP contribution in [0, 0.1) is 11.3 Å². The largest absolute Gasteiger partial charge is 0.497 e. The van der Waals surface area contributed by atoms with Crippen molar-refractivity contribution >= 4 is 18.0 Å². The minimum Gasteiger partial charge on any atom is -0.497 e. The topological polar surface area (TPSA) is 94.9 Å². The number of nitriles is 1. The molecule has 150 valence electrons. The average molecular weight is 395 g/mol.